The van der Waals surface area contributed by atoms with E-state index in [1.54, 1.807) is 31.3 Å². The first-order chi connectivity index (χ1) is 7.97. The molecule has 0 unspecified atom stereocenters. The molecule has 17 heavy (non-hydrogen) atoms. The summed E-state index contributed by atoms with van der Waals surface area (Å²) < 4.78 is 31.4. The number of rotatable bonds is 3. The van der Waals surface area contributed by atoms with Gasteiger partial charge in [-0.05, 0) is 19.1 Å². The Hall–Kier alpha value is -1.89. The fourth-order valence-electron chi connectivity index (χ4n) is 1.28. The van der Waals surface area contributed by atoms with E-state index in [-0.39, 0.29) is 5.95 Å². The van der Waals surface area contributed by atoms with Crippen molar-refractivity contribution < 1.29 is 17.1 Å². The van der Waals surface area contributed by atoms with Crippen LogP contribution in [-0.4, -0.2) is 24.8 Å². The van der Waals surface area contributed by atoms with Crippen LogP contribution < -0.4 is 4.18 Å². The quantitative estimate of drug-likeness (QED) is 0.769. The number of aromatic nitrogens is 2. The molecule has 2 rings (SSSR count). The summed E-state index contributed by atoms with van der Waals surface area (Å²) in [5.74, 6) is -0.131. The van der Waals surface area contributed by atoms with Crippen LogP contribution in [0.4, 0.5) is 0 Å². The highest BCUT2D eigenvalue weighted by Gasteiger charge is 2.18. The minimum Gasteiger partial charge on any atom is -0.343 e. The topological polar surface area (TPSA) is 82.3 Å². The molecule has 2 aromatic heterocycles. The van der Waals surface area contributed by atoms with Gasteiger partial charge < -0.3 is 8.71 Å². The summed E-state index contributed by atoms with van der Waals surface area (Å²) >= 11 is 0. The third-order valence-electron chi connectivity index (χ3n) is 2.02. The van der Waals surface area contributed by atoms with Crippen molar-refractivity contribution in [1.29, 1.82) is 0 Å². The van der Waals surface area contributed by atoms with Crippen molar-refractivity contribution in [2.24, 2.45) is 0 Å². The smallest absolute Gasteiger partial charge is 0.330 e. The monoisotopic (exact) mass is 254 g/mol. The van der Waals surface area contributed by atoms with E-state index in [1.165, 1.54) is 0 Å². The molecule has 0 bridgehead atoms. The fourth-order valence-corrected chi connectivity index (χ4v) is 1.71. The summed E-state index contributed by atoms with van der Waals surface area (Å²) in [5.41, 5.74) is 1.55. The summed E-state index contributed by atoms with van der Waals surface area (Å²) in [7, 11) is -3.62. The Kier molecular flexibility index (Phi) is 2.84. The minimum absolute atomic E-state index is 0.131. The van der Waals surface area contributed by atoms with E-state index < -0.39 is 10.1 Å². The predicted octanol–water partition coefficient (Wildman–Crippen LogP) is 1.38. The van der Waals surface area contributed by atoms with Gasteiger partial charge in [0.05, 0.1) is 17.5 Å². The first kappa shape index (κ1) is 11.6. The highest BCUT2D eigenvalue weighted by Crippen LogP contribution is 2.28. The normalized spacial score (nSPS) is 11.4. The van der Waals surface area contributed by atoms with Gasteiger partial charge in [0.2, 0.25) is 0 Å². The van der Waals surface area contributed by atoms with E-state index in [4.69, 9.17) is 4.52 Å². The van der Waals surface area contributed by atoms with Gasteiger partial charge in [0.25, 0.3) is 0 Å². The molecule has 0 radical (unpaired) electrons. The van der Waals surface area contributed by atoms with Crippen molar-refractivity contribution in [3.63, 3.8) is 0 Å². The second-order valence-corrected chi connectivity index (χ2v) is 5.02. The molecule has 2 aromatic rings. The average Bonchev–Trinajstić information content (AvgIpc) is 2.60. The highest BCUT2D eigenvalue weighted by atomic mass is 32.2. The Morgan fingerprint density at radius 3 is 2.71 bits per heavy atom. The third-order valence-corrected chi connectivity index (χ3v) is 2.47. The van der Waals surface area contributed by atoms with Crippen LogP contribution in [0.3, 0.4) is 0 Å². The summed E-state index contributed by atoms with van der Waals surface area (Å²) in [5, 5.41) is 3.74. The highest BCUT2D eigenvalue weighted by molar-refractivity contribution is 7.86. The predicted molar refractivity (Wildman–Crippen MR) is 59.9 cm³/mol. The summed E-state index contributed by atoms with van der Waals surface area (Å²) in [6, 6.07) is 5.31. The molecule has 0 saturated heterocycles. The standard InChI is InChI=1S/C10H10N2O4S/c1-7-9(8-5-3-4-6-11-8)12-15-10(7)16-17(2,13)14/h3-6H,1-2H3. The van der Waals surface area contributed by atoms with Gasteiger partial charge in [0.1, 0.15) is 5.69 Å². The number of hydrogen-bond donors (Lipinski definition) is 0. The summed E-state index contributed by atoms with van der Waals surface area (Å²) in [6.45, 7) is 1.65. The zero-order valence-electron chi connectivity index (χ0n) is 9.25. The van der Waals surface area contributed by atoms with Gasteiger partial charge in [-0.3, -0.25) is 4.98 Å². The van der Waals surface area contributed by atoms with Gasteiger partial charge in [0.15, 0.2) is 0 Å². The molecule has 0 N–H and O–H groups in total. The molecule has 0 aliphatic carbocycles. The lowest BCUT2D eigenvalue weighted by Crippen LogP contribution is -2.05. The molecule has 0 amide bonds. The lowest BCUT2D eigenvalue weighted by molar-refractivity contribution is 0.320. The Morgan fingerprint density at radius 2 is 2.12 bits per heavy atom. The van der Waals surface area contributed by atoms with Crippen LogP contribution in [0, 0.1) is 6.92 Å². The van der Waals surface area contributed by atoms with E-state index in [0.717, 1.165) is 6.26 Å². The lowest BCUT2D eigenvalue weighted by Gasteiger charge is -1.98. The molecule has 90 valence electrons. The molecular weight excluding hydrogens is 244 g/mol. The van der Waals surface area contributed by atoms with Crippen LogP contribution >= 0.6 is 0 Å². The zero-order chi connectivity index (χ0) is 12.5. The lowest BCUT2D eigenvalue weighted by atomic mass is 10.2. The van der Waals surface area contributed by atoms with Crippen LogP contribution in [0.15, 0.2) is 28.9 Å². The molecule has 0 saturated carbocycles. The van der Waals surface area contributed by atoms with E-state index in [9.17, 15) is 8.42 Å². The van der Waals surface area contributed by atoms with Crippen molar-refractivity contribution in [3.05, 3.63) is 30.0 Å². The minimum atomic E-state index is -3.62. The van der Waals surface area contributed by atoms with E-state index >= 15 is 0 Å². The Bertz CT molecular complexity index is 619. The van der Waals surface area contributed by atoms with Gasteiger partial charge in [-0.1, -0.05) is 11.2 Å². The second-order valence-electron chi connectivity index (χ2n) is 3.45. The first-order valence-corrected chi connectivity index (χ1v) is 6.56. The van der Waals surface area contributed by atoms with Gasteiger partial charge in [-0.25, -0.2) is 0 Å². The molecule has 2 heterocycles. The van der Waals surface area contributed by atoms with Crippen molar-refractivity contribution in [1.82, 2.24) is 10.1 Å². The maximum atomic E-state index is 11.0. The van der Waals surface area contributed by atoms with Crippen LogP contribution in [0.25, 0.3) is 11.4 Å². The molecule has 7 heteroatoms. The van der Waals surface area contributed by atoms with Gasteiger partial charge in [0, 0.05) is 6.20 Å². The maximum absolute atomic E-state index is 11.0. The molecule has 0 aliphatic rings. The number of nitrogens with zero attached hydrogens (tertiary/aromatic N) is 2. The van der Waals surface area contributed by atoms with Crippen LogP contribution in [0.5, 0.6) is 5.95 Å². The van der Waals surface area contributed by atoms with E-state index in [1.807, 2.05) is 0 Å². The Balaban J connectivity index is 2.40. The van der Waals surface area contributed by atoms with Crippen LogP contribution in [0.2, 0.25) is 0 Å². The van der Waals surface area contributed by atoms with Crippen molar-refractivity contribution in [2.75, 3.05) is 6.26 Å². The number of hydrogen-bond acceptors (Lipinski definition) is 6. The first-order valence-electron chi connectivity index (χ1n) is 4.74. The third kappa shape index (κ3) is 2.62. The molecule has 0 aromatic carbocycles. The average molecular weight is 254 g/mol. The van der Waals surface area contributed by atoms with Crippen molar-refractivity contribution in [2.45, 2.75) is 6.92 Å². The Morgan fingerprint density at radius 1 is 1.35 bits per heavy atom. The van der Waals surface area contributed by atoms with E-state index in [2.05, 4.69) is 14.3 Å². The van der Waals surface area contributed by atoms with Gasteiger partial charge in [-0.15, -0.1) is 0 Å². The van der Waals surface area contributed by atoms with E-state index in [0.29, 0.717) is 17.0 Å². The van der Waals surface area contributed by atoms with Crippen molar-refractivity contribution in [3.8, 4) is 17.3 Å². The molecular formula is C10H10N2O4S. The zero-order valence-corrected chi connectivity index (χ0v) is 10.1. The van der Waals surface area contributed by atoms with Crippen LogP contribution in [0.1, 0.15) is 5.56 Å². The molecule has 0 aliphatic heterocycles. The summed E-state index contributed by atoms with van der Waals surface area (Å²) in [4.78, 5) is 4.09. The Labute approximate surface area is 98.4 Å². The molecule has 0 spiro atoms. The second kappa shape index (κ2) is 4.17. The SMILES string of the molecule is Cc1c(-c2ccccn2)noc1OS(C)(=O)=O. The largest absolute Gasteiger partial charge is 0.343 e. The fraction of sp³-hybridized carbons (Fsp3) is 0.200. The molecule has 0 fully saturated rings. The maximum Gasteiger partial charge on any atom is 0.330 e. The van der Waals surface area contributed by atoms with Gasteiger partial charge in [-0.2, -0.15) is 8.42 Å². The van der Waals surface area contributed by atoms with Crippen molar-refractivity contribution >= 4 is 10.1 Å². The van der Waals surface area contributed by atoms with Crippen LogP contribution in [-0.2, 0) is 10.1 Å². The number of pyridine rings is 1. The molecule has 6 nitrogen and oxygen atoms in total. The van der Waals surface area contributed by atoms with Gasteiger partial charge >= 0.3 is 16.1 Å². The summed E-state index contributed by atoms with van der Waals surface area (Å²) in [6.07, 6.45) is 2.55. The molecule has 0 atom stereocenters.